The fourth-order valence-corrected chi connectivity index (χ4v) is 6.45. The second-order valence-electron chi connectivity index (χ2n) is 10.8. The number of aromatic nitrogens is 1. The first-order valence-electron chi connectivity index (χ1n) is 13.0. The molecule has 5 nitrogen and oxygen atoms in total. The molecule has 8 heteroatoms. The van der Waals surface area contributed by atoms with E-state index in [0.29, 0.717) is 36.4 Å². The van der Waals surface area contributed by atoms with Crippen molar-refractivity contribution in [3.63, 3.8) is 0 Å². The summed E-state index contributed by atoms with van der Waals surface area (Å²) in [6.45, 7) is 3.39. The van der Waals surface area contributed by atoms with Crippen LogP contribution in [0.4, 0.5) is 13.2 Å². The third-order valence-corrected chi connectivity index (χ3v) is 8.29. The smallest absolute Gasteiger partial charge is 0.349 e. The average Bonchev–Trinajstić information content (AvgIpc) is 3.23. The van der Waals surface area contributed by atoms with Gasteiger partial charge in [-0.15, -0.1) is 0 Å². The van der Waals surface area contributed by atoms with E-state index in [0.717, 1.165) is 69.1 Å². The van der Waals surface area contributed by atoms with Crippen LogP contribution in [-0.4, -0.2) is 72.2 Å². The van der Waals surface area contributed by atoms with E-state index in [1.54, 1.807) is 11.1 Å². The molecule has 5 rings (SSSR count). The molecule has 1 aliphatic carbocycles. The van der Waals surface area contributed by atoms with Crippen LogP contribution in [0.25, 0.3) is 10.9 Å². The molecule has 2 aliphatic heterocycles. The van der Waals surface area contributed by atoms with Gasteiger partial charge >= 0.3 is 6.18 Å². The lowest BCUT2D eigenvalue weighted by molar-refractivity contribution is -0.144. The predicted molar refractivity (Wildman–Crippen MR) is 130 cm³/mol. The molecule has 2 atom stereocenters. The number of amides is 1. The minimum atomic E-state index is -4.10. The molecule has 0 spiro atoms. The summed E-state index contributed by atoms with van der Waals surface area (Å²) in [6, 6.07) is 9.67. The number of alkyl halides is 3. The highest BCUT2D eigenvalue weighted by Gasteiger charge is 2.41. The number of pyridine rings is 1. The van der Waals surface area contributed by atoms with E-state index in [1.165, 1.54) is 0 Å². The molecule has 190 valence electrons. The average molecular weight is 489 g/mol. The Hall–Kier alpha value is -2.19. The predicted octanol–water partition coefficient (Wildman–Crippen LogP) is 4.73. The summed E-state index contributed by atoms with van der Waals surface area (Å²) in [7, 11) is 0. The molecule has 0 unspecified atom stereocenters. The lowest BCUT2D eigenvalue weighted by atomic mass is 9.83. The number of hydrogen-bond donors (Lipinski definition) is 1. The fourth-order valence-electron chi connectivity index (χ4n) is 6.45. The van der Waals surface area contributed by atoms with E-state index < -0.39 is 12.7 Å². The molecule has 1 aromatic carbocycles. The van der Waals surface area contributed by atoms with Gasteiger partial charge in [0, 0.05) is 42.8 Å². The van der Waals surface area contributed by atoms with Crippen molar-refractivity contribution in [1.82, 2.24) is 20.1 Å². The van der Waals surface area contributed by atoms with Crippen molar-refractivity contribution in [2.24, 2.45) is 17.8 Å². The number of carbonyl (C=O) groups is 1. The highest BCUT2D eigenvalue weighted by molar-refractivity contribution is 6.06. The van der Waals surface area contributed by atoms with Crippen LogP contribution in [0.15, 0.2) is 36.5 Å². The summed E-state index contributed by atoms with van der Waals surface area (Å²) in [4.78, 5) is 21.3. The van der Waals surface area contributed by atoms with Gasteiger partial charge in [-0.05, 0) is 87.6 Å². The van der Waals surface area contributed by atoms with Gasteiger partial charge in [-0.3, -0.25) is 14.7 Å². The van der Waals surface area contributed by atoms with Gasteiger partial charge in [0.15, 0.2) is 0 Å². The Kier molecular flexibility index (Phi) is 7.30. The normalized spacial score (nSPS) is 28.2. The number of fused-ring (bicyclic) bond motifs is 2. The zero-order valence-corrected chi connectivity index (χ0v) is 20.1. The highest BCUT2D eigenvalue weighted by Crippen LogP contribution is 2.34. The van der Waals surface area contributed by atoms with Gasteiger partial charge in [-0.1, -0.05) is 12.1 Å². The second-order valence-corrected chi connectivity index (χ2v) is 10.8. The second kappa shape index (κ2) is 10.4. The van der Waals surface area contributed by atoms with E-state index >= 15 is 0 Å². The molecule has 35 heavy (non-hydrogen) atoms. The molecule has 3 aliphatic rings. The van der Waals surface area contributed by atoms with Gasteiger partial charge in [-0.2, -0.15) is 13.2 Å². The lowest BCUT2D eigenvalue weighted by Crippen LogP contribution is -2.41. The van der Waals surface area contributed by atoms with Crippen LogP contribution < -0.4 is 5.32 Å². The number of hydrogen-bond acceptors (Lipinski definition) is 4. The van der Waals surface area contributed by atoms with Crippen LogP contribution in [0, 0.1) is 17.8 Å². The van der Waals surface area contributed by atoms with Crippen molar-refractivity contribution in [3.05, 3.63) is 42.1 Å². The molecule has 2 aromatic rings. The van der Waals surface area contributed by atoms with Gasteiger partial charge in [-0.25, -0.2) is 0 Å². The van der Waals surface area contributed by atoms with Gasteiger partial charge in [0.25, 0.3) is 5.91 Å². The summed E-state index contributed by atoms with van der Waals surface area (Å²) in [5.41, 5.74) is 1.51. The largest absolute Gasteiger partial charge is 0.401 e. The van der Waals surface area contributed by atoms with Gasteiger partial charge in [0.05, 0.1) is 12.1 Å². The number of likely N-dealkylation sites (tertiary alicyclic amines) is 2. The first kappa shape index (κ1) is 24.5. The van der Waals surface area contributed by atoms with Crippen LogP contribution in [0.5, 0.6) is 0 Å². The summed E-state index contributed by atoms with van der Waals surface area (Å²) in [5.74, 6) is 1.44. The number of rotatable bonds is 6. The molecule has 1 aromatic heterocycles. The quantitative estimate of drug-likeness (QED) is 0.639. The maximum Gasteiger partial charge on any atom is 0.401 e. The molecule has 2 saturated heterocycles. The van der Waals surface area contributed by atoms with E-state index in [2.05, 4.69) is 15.2 Å². The number of nitrogens with one attached hydrogen (secondary N) is 1. The molecule has 1 saturated carbocycles. The molecule has 0 bridgehead atoms. The Morgan fingerprint density at radius 2 is 1.74 bits per heavy atom. The van der Waals surface area contributed by atoms with E-state index in [4.69, 9.17) is 0 Å². The number of nitrogens with zero attached hydrogens (tertiary/aromatic N) is 3. The Bertz CT molecular complexity index is 1020. The third-order valence-electron chi connectivity index (χ3n) is 8.29. The van der Waals surface area contributed by atoms with Gasteiger partial charge in [0.1, 0.15) is 0 Å². The summed E-state index contributed by atoms with van der Waals surface area (Å²) >= 11 is 0. The van der Waals surface area contributed by atoms with Crippen LogP contribution in [0.3, 0.4) is 0 Å². The van der Waals surface area contributed by atoms with Crippen LogP contribution in [0.2, 0.25) is 0 Å². The molecule has 1 N–H and O–H groups in total. The maximum atomic E-state index is 12.9. The summed E-state index contributed by atoms with van der Waals surface area (Å²) in [5, 5.41) is 4.12. The first-order chi connectivity index (χ1) is 16.8. The summed E-state index contributed by atoms with van der Waals surface area (Å²) < 4.78 is 38.3. The van der Waals surface area contributed by atoms with Crippen molar-refractivity contribution in [2.45, 2.75) is 50.7 Å². The van der Waals surface area contributed by atoms with E-state index in [1.807, 2.05) is 30.3 Å². The Morgan fingerprint density at radius 3 is 2.54 bits per heavy atom. The standard InChI is InChI=1S/C27H35F3N4O/c28-27(29,30)18-34-15-20-11-14-33(16-21(20)17-34)13-10-19-6-8-22(9-7-19)32-26(35)24-3-1-5-25-23(24)4-2-12-31-25/h1-5,12,19-22H,6-11,13-18H2,(H,32,35)/t19?,20-,21-,22?/m0/s1. The third kappa shape index (κ3) is 6.15. The number of piperidine rings is 1. The molecular weight excluding hydrogens is 453 g/mol. The molecule has 3 fully saturated rings. The minimum Gasteiger partial charge on any atom is -0.349 e. The topological polar surface area (TPSA) is 48.5 Å². The molecule has 0 radical (unpaired) electrons. The zero-order valence-electron chi connectivity index (χ0n) is 20.1. The van der Waals surface area contributed by atoms with Crippen molar-refractivity contribution < 1.29 is 18.0 Å². The van der Waals surface area contributed by atoms with Crippen LogP contribution >= 0.6 is 0 Å². The Morgan fingerprint density at radius 1 is 0.971 bits per heavy atom. The maximum absolute atomic E-state index is 12.9. The molecule has 1 amide bonds. The van der Waals surface area contributed by atoms with Gasteiger partial charge in [0.2, 0.25) is 0 Å². The molecular formula is C27H35F3N4O. The highest BCUT2D eigenvalue weighted by atomic mass is 19.4. The Balaban J connectivity index is 1.04. The SMILES string of the molecule is O=C(NC1CCC(CCN2CC[C@H]3CN(CC(F)(F)F)C[C@@H]3C2)CC1)c1cccc2ncccc12. The van der Waals surface area contributed by atoms with Crippen molar-refractivity contribution in [2.75, 3.05) is 39.3 Å². The van der Waals surface area contributed by atoms with Gasteiger partial charge < -0.3 is 10.2 Å². The van der Waals surface area contributed by atoms with Crippen molar-refractivity contribution in [1.29, 1.82) is 0 Å². The summed E-state index contributed by atoms with van der Waals surface area (Å²) in [6.07, 6.45) is 4.01. The zero-order chi connectivity index (χ0) is 24.4. The fraction of sp³-hybridized carbons (Fsp3) is 0.630. The van der Waals surface area contributed by atoms with E-state index in [-0.39, 0.29) is 11.9 Å². The van der Waals surface area contributed by atoms with E-state index in [9.17, 15) is 18.0 Å². The van der Waals surface area contributed by atoms with Crippen LogP contribution in [0.1, 0.15) is 48.9 Å². The Labute approximate surface area is 205 Å². The monoisotopic (exact) mass is 488 g/mol. The van der Waals surface area contributed by atoms with Crippen molar-refractivity contribution >= 4 is 16.8 Å². The lowest BCUT2D eigenvalue weighted by Gasteiger charge is -2.36. The number of carbonyl (C=O) groups excluding carboxylic acids is 1. The van der Waals surface area contributed by atoms with Crippen molar-refractivity contribution in [3.8, 4) is 0 Å². The number of benzene rings is 1. The first-order valence-corrected chi connectivity index (χ1v) is 13.0. The number of halogens is 3. The van der Waals surface area contributed by atoms with Crippen LogP contribution in [-0.2, 0) is 0 Å². The molecule has 3 heterocycles. The minimum absolute atomic E-state index is 0.0222.